The molecular weight excluding hydrogens is 420 g/mol. The average molecular weight is 440 g/mol. The van der Waals surface area contributed by atoms with Gasteiger partial charge in [0.15, 0.2) is 6.61 Å². The van der Waals surface area contributed by atoms with Gasteiger partial charge in [-0.25, -0.2) is 0 Å². The molecule has 2 aromatic carbocycles. The maximum Gasteiger partial charge on any atom is 0.258 e. The number of anilines is 1. The number of benzene rings is 2. The molecule has 0 bridgehead atoms. The van der Waals surface area contributed by atoms with Crippen molar-refractivity contribution in [3.8, 4) is 5.75 Å². The first-order chi connectivity index (χ1) is 12.6. The third-order valence-electron chi connectivity index (χ3n) is 4.05. The summed E-state index contributed by atoms with van der Waals surface area (Å²) in [6.45, 7) is 3.73. The van der Waals surface area contributed by atoms with Crippen molar-refractivity contribution in [2.75, 3.05) is 37.8 Å². The zero-order valence-corrected chi connectivity index (χ0v) is 16.6. The third-order valence-corrected chi connectivity index (χ3v) is 4.84. The Hall–Kier alpha value is -1.76. The van der Waals surface area contributed by atoms with Crippen LogP contribution in [0, 0.1) is 0 Å². The number of ether oxygens (including phenoxy) is 2. The van der Waals surface area contributed by atoms with Gasteiger partial charge < -0.3 is 19.7 Å². The van der Waals surface area contributed by atoms with E-state index in [2.05, 4.69) is 38.3 Å². The minimum Gasteiger partial charge on any atom is -0.482 e. The summed E-state index contributed by atoms with van der Waals surface area (Å²) in [5.41, 5.74) is 2.22. The minimum atomic E-state index is -0.193. The molecule has 0 aromatic heterocycles. The molecule has 0 aliphatic carbocycles. The van der Waals surface area contributed by atoms with Gasteiger partial charge in [-0.1, -0.05) is 39.7 Å². The maximum absolute atomic E-state index is 12.0. The highest BCUT2D eigenvalue weighted by atomic mass is 79.9. The van der Waals surface area contributed by atoms with E-state index in [1.54, 1.807) is 12.1 Å². The molecule has 0 atom stereocenters. The number of halogens is 2. The van der Waals surface area contributed by atoms with Gasteiger partial charge in [0.2, 0.25) is 0 Å². The van der Waals surface area contributed by atoms with Crippen LogP contribution in [0.3, 0.4) is 0 Å². The number of nitrogens with one attached hydrogen (secondary N) is 1. The first kappa shape index (κ1) is 19.0. The summed E-state index contributed by atoms with van der Waals surface area (Å²) in [5, 5.41) is 3.31. The second kappa shape index (κ2) is 9.26. The Morgan fingerprint density at radius 2 is 1.92 bits per heavy atom. The summed E-state index contributed by atoms with van der Waals surface area (Å²) < 4.78 is 11.7. The van der Waals surface area contributed by atoms with Crippen LogP contribution in [-0.2, 0) is 16.1 Å². The molecule has 0 saturated carbocycles. The van der Waals surface area contributed by atoms with Gasteiger partial charge in [0.05, 0.1) is 18.2 Å². The Bertz CT molecular complexity index is 749. The SMILES string of the molecule is O=C(COc1ccc(Br)cc1Cl)NCc1ccc(N2CCOCC2)cc1. The summed E-state index contributed by atoms with van der Waals surface area (Å²) in [5.74, 6) is 0.293. The highest BCUT2D eigenvalue weighted by Gasteiger charge is 2.11. The smallest absolute Gasteiger partial charge is 0.258 e. The topological polar surface area (TPSA) is 50.8 Å². The van der Waals surface area contributed by atoms with Gasteiger partial charge in [0.25, 0.3) is 5.91 Å². The molecule has 1 heterocycles. The number of nitrogens with zero attached hydrogens (tertiary/aromatic N) is 1. The molecule has 26 heavy (non-hydrogen) atoms. The lowest BCUT2D eigenvalue weighted by Gasteiger charge is -2.28. The third kappa shape index (κ3) is 5.37. The second-order valence-electron chi connectivity index (χ2n) is 5.91. The quantitative estimate of drug-likeness (QED) is 0.747. The zero-order valence-electron chi connectivity index (χ0n) is 14.2. The van der Waals surface area contributed by atoms with Gasteiger partial charge in [-0.3, -0.25) is 4.79 Å². The monoisotopic (exact) mass is 438 g/mol. The van der Waals surface area contributed by atoms with Crippen molar-refractivity contribution in [2.45, 2.75) is 6.54 Å². The Balaban J connectivity index is 1.45. The lowest BCUT2D eigenvalue weighted by atomic mass is 10.2. The van der Waals surface area contributed by atoms with Gasteiger partial charge >= 0.3 is 0 Å². The van der Waals surface area contributed by atoms with Crippen LogP contribution < -0.4 is 15.0 Å². The number of morpholine rings is 1. The number of rotatable bonds is 6. The molecule has 1 N–H and O–H groups in total. The van der Waals surface area contributed by atoms with Crippen molar-refractivity contribution in [1.29, 1.82) is 0 Å². The van der Waals surface area contributed by atoms with Crippen LogP contribution in [0.2, 0.25) is 5.02 Å². The fourth-order valence-electron chi connectivity index (χ4n) is 2.63. The molecule has 3 rings (SSSR count). The Morgan fingerprint density at radius 3 is 2.62 bits per heavy atom. The van der Waals surface area contributed by atoms with Crippen molar-refractivity contribution < 1.29 is 14.3 Å². The number of amides is 1. The average Bonchev–Trinajstić information content (AvgIpc) is 2.67. The van der Waals surface area contributed by atoms with E-state index in [9.17, 15) is 4.79 Å². The highest BCUT2D eigenvalue weighted by molar-refractivity contribution is 9.10. The van der Waals surface area contributed by atoms with E-state index >= 15 is 0 Å². The molecule has 0 radical (unpaired) electrons. The number of carbonyl (C=O) groups excluding carboxylic acids is 1. The van der Waals surface area contributed by atoms with Crippen LogP contribution in [0.25, 0.3) is 0 Å². The molecule has 0 unspecified atom stereocenters. The summed E-state index contributed by atoms with van der Waals surface area (Å²) in [7, 11) is 0. The van der Waals surface area contributed by atoms with Crippen LogP contribution in [0.15, 0.2) is 46.9 Å². The first-order valence-electron chi connectivity index (χ1n) is 8.38. The van der Waals surface area contributed by atoms with Crippen LogP contribution >= 0.6 is 27.5 Å². The van der Waals surface area contributed by atoms with E-state index in [0.717, 1.165) is 36.3 Å². The van der Waals surface area contributed by atoms with Crippen molar-refractivity contribution in [3.05, 3.63) is 57.5 Å². The van der Waals surface area contributed by atoms with Gasteiger partial charge in [-0.2, -0.15) is 0 Å². The molecule has 2 aromatic rings. The molecule has 0 spiro atoms. The molecule has 1 aliphatic rings. The molecule has 7 heteroatoms. The van der Waals surface area contributed by atoms with Crippen molar-refractivity contribution in [3.63, 3.8) is 0 Å². The summed E-state index contributed by atoms with van der Waals surface area (Å²) >= 11 is 9.40. The molecule has 1 saturated heterocycles. The summed E-state index contributed by atoms with van der Waals surface area (Å²) in [6, 6.07) is 13.5. The maximum atomic E-state index is 12.0. The molecule has 1 fully saturated rings. The Kier molecular flexibility index (Phi) is 6.77. The Morgan fingerprint density at radius 1 is 1.19 bits per heavy atom. The van der Waals surface area contributed by atoms with Crippen molar-refractivity contribution in [2.24, 2.45) is 0 Å². The van der Waals surface area contributed by atoms with E-state index in [-0.39, 0.29) is 12.5 Å². The largest absolute Gasteiger partial charge is 0.482 e. The Labute approximate surface area is 166 Å². The number of carbonyl (C=O) groups is 1. The summed E-state index contributed by atoms with van der Waals surface area (Å²) in [4.78, 5) is 14.3. The standard InChI is InChI=1S/C19H20BrClN2O3/c20-15-3-6-18(17(21)11-15)26-13-19(24)22-12-14-1-4-16(5-2-14)23-7-9-25-10-8-23/h1-6,11H,7-10,12-13H2,(H,22,24). The second-order valence-corrected chi connectivity index (χ2v) is 7.23. The normalized spacial score (nSPS) is 14.2. The highest BCUT2D eigenvalue weighted by Crippen LogP contribution is 2.27. The summed E-state index contributed by atoms with van der Waals surface area (Å²) in [6.07, 6.45) is 0. The van der Waals surface area contributed by atoms with Gasteiger partial charge in [0, 0.05) is 29.8 Å². The molecule has 1 aliphatic heterocycles. The van der Waals surface area contributed by atoms with Gasteiger partial charge in [-0.05, 0) is 35.9 Å². The molecule has 1 amide bonds. The van der Waals surface area contributed by atoms with E-state index in [1.165, 1.54) is 5.69 Å². The predicted molar refractivity (Wildman–Crippen MR) is 106 cm³/mol. The van der Waals surface area contributed by atoms with E-state index < -0.39 is 0 Å². The van der Waals surface area contributed by atoms with Crippen LogP contribution in [0.4, 0.5) is 5.69 Å². The van der Waals surface area contributed by atoms with Crippen LogP contribution in [-0.4, -0.2) is 38.8 Å². The van der Waals surface area contributed by atoms with Crippen LogP contribution in [0.5, 0.6) is 5.75 Å². The fourth-order valence-corrected chi connectivity index (χ4v) is 3.36. The molecule has 138 valence electrons. The minimum absolute atomic E-state index is 0.0762. The molecular formula is C19H20BrClN2O3. The lowest BCUT2D eigenvalue weighted by Crippen LogP contribution is -2.36. The van der Waals surface area contributed by atoms with E-state index in [4.69, 9.17) is 21.1 Å². The number of hydrogen-bond donors (Lipinski definition) is 1. The van der Waals surface area contributed by atoms with Crippen molar-refractivity contribution in [1.82, 2.24) is 5.32 Å². The van der Waals surface area contributed by atoms with E-state index in [0.29, 0.717) is 17.3 Å². The zero-order chi connectivity index (χ0) is 18.4. The fraction of sp³-hybridized carbons (Fsp3) is 0.316. The molecule has 5 nitrogen and oxygen atoms in total. The van der Waals surface area contributed by atoms with Gasteiger partial charge in [-0.15, -0.1) is 0 Å². The first-order valence-corrected chi connectivity index (χ1v) is 9.55. The van der Waals surface area contributed by atoms with Crippen molar-refractivity contribution >= 4 is 39.1 Å². The number of hydrogen-bond acceptors (Lipinski definition) is 4. The predicted octanol–water partition coefficient (Wildman–Crippen LogP) is 3.63. The van der Waals surface area contributed by atoms with Crippen LogP contribution in [0.1, 0.15) is 5.56 Å². The lowest BCUT2D eigenvalue weighted by molar-refractivity contribution is -0.123. The van der Waals surface area contributed by atoms with E-state index in [1.807, 2.05) is 18.2 Å². The van der Waals surface area contributed by atoms with Gasteiger partial charge in [0.1, 0.15) is 5.75 Å².